The maximum absolute atomic E-state index is 4.25. The van der Waals surface area contributed by atoms with Crippen molar-refractivity contribution < 1.29 is 0 Å². The molecule has 1 aromatic rings. The molecule has 0 aliphatic heterocycles. The van der Waals surface area contributed by atoms with Crippen molar-refractivity contribution in [1.29, 1.82) is 0 Å². The molecule has 16 heavy (non-hydrogen) atoms. The average molecular weight is 328 g/mol. The zero-order valence-corrected chi connectivity index (χ0v) is 11.5. The second kappa shape index (κ2) is 3.24. The number of aromatic nitrogens is 2. The van der Waals surface area contributed by atoms with Gasteiger partial charge in [-0.15, -0.1) is 0 Å². The minimum absolute atomic E-state index is 0.488. The van der Waals surface area contributed by atoms with Crippen LogP contribution in [-0.2, 0) is 5.41 Å². The lowest BCUT2D eigenvalue weighted by Gasteiger charge is -2.56. The number of H-pyrrole nitrogens is 1. The molecule has 0 radical (unpaired) electrons. The van der Waals surface area contributed by atoms with Gasteiger partial charge in [-0.25, -0.2) is 0 Å². The Labute approximate surface area is 110 Å². The number of aromatic amines is 1. The molecule has 0 saturated heterocycles. The summed E-state index contributed by atoms with van der Waals surface area (Å²) in [6.07, 6.45) is 10.8. The molecule has 1 N–H and O–H groups in total. The quantitative estimate of drug-likeness (QED) is 0.786. The van der Waals surface area contributed by atoms with Crippen molar-refractivity contribution in [2.45, 2.75) is 43.9 Å². The molecule has 2 nitrogen and oxygen atoms in total. The molecular weight excluding hydrogens is 311 g/mol. The molecule has 5 rings (SSSR count). The fourth-order valence-corrected chi connectivity index (χ4v) is 5.89. The van der Waals surface area contributed by atoms with Crippen LogP contribution in [0.1, 0.15) is 44.2 Å². The monoisotopic (exact) mass is 328 g/mol. The lowest BCUT2D eigenvalue weighted by Crippen LogP contribution is -2.49. The third kappa shape index (κ3) is 1.27. The largest absolute Gasteiger partial charge is 0.281 e. The number of halogens is 1. The van der Waals surface area contributed by atoms with Crippen LogP contribution in [-0.4, -0.2) is 10.2 Å². The normalized spacial score (nSPS) is 45.2. The molecule has 0 aromatic carbocycles. The van der Waals surface area contributed by atoms with Gasteiger partial charge in [0.05, 0.1) is 15.5 Å². The van der Waals surface area contributed by atoms with Crippen LogP contribution in [0.25, 0.3) is 0 Å². The van der Waals surface area contributed by atoms with Gasteiger partial charge < -0.3 is 0 Å². The van der Waals surface area contributed by atoms with Crippen molar-refractivity contribution in [2.24, 2.45) is 17.8 Å². The van der Waals surface area contributed by atoms with Gasteiger partial charge in [-0.3, -0.25) is 5.10 Å². The summed E-state index contributed by atoms with van der Waals surface area (Å²) in [5.41, 5.74) is 1.95. The van der Waals surface area contributed by atoms with Crippen molar-refractivity contribution in [1.82, 2.24) is 10.2 Å². The highest BCUT2D eigenvalue weighted by molar-refractivity contribution is 14.1. The lowest BCUT2D eigenvalue weighted by atomic mass is 9.49. The summed E-state index contributed by atoms with van der Waals surface area (Å²) >= 11 is 2.45. The van der Waals surface area contributed by atoms with Gasteiger partial charge in [0.15, 0.2) is 0 Å². The fourth-order valence-electron chi connectivity index (χ4n) is 5.06. The van der Waals surface area contributed by atoms with Crippen molar-refractivity contribution in [2.75, 3.05) is 0 Å². The van der Waals surface area contributed by atoms with Crippen LogP contribution in [0, 0.1) is 21.3 Å². The van der Waals surface area contributed by atoms with E-state index in [0.717, 1.165) is 17.8 Å². The molecule has 0 atom stereocenters. The van der Waals surface area contributed by atoms with E-state index in [1.807, 2.05) is 6.20 Å². The van der Waals surface area contributed by atoms with Crippen molar-refractivity contribution in [3.8, 4) is 0 Å². The van der Waals surface area contributed by atoms with E-state index in [9.17, 15) is 0 Å². The van der Waals surface area contributed by atoms with Crippen LogP contribution in [0.3, 0.4) is 0 Å². The maximum atomic E-state index is 4.25. The first-order valence-corrected chi connectivity index (χ1v) is 7.52. The van der Waals surface area contributed by atoms with Gasteiger partial charge in [-0.05, 0) is 78.9 Å². The van der Waals surface area contributed by atoms with E-state index in [-0.39, 0.29) is 0 Å². The van der Waals surface area contributed by atoms with Gasteiger partial charge in [-0.1, -0.05) is 0 Å². The number of nitrogens with zero attached hydrogens (tertiary/aromatic N) is 1. The van der Waals surface area contributed by atoms with Crippen LogP contribution in [0.4, 0.5) is 0 Å². The van der Waals surface area contributed by atoms with Crippen LogP contribution in [0.15, 0.2) is 6.20 Å². The molecule has 0 unspecified atom stereocenters. The summed E-state index contributed by atoms with van der Waals surface area (Å²) in [5.74, 6) is 3.06. The first-order valence-electron chi connectivity index (χ1n) is 6.44. The van der Waals surface area contributed by atoms with Gasteiger partial charge >= 0.3 is 0 Å². The molecule has 86 valence electrons. The standard InChI is InChI=1S/C13H17IN2/c14-11-7-15-16-12(11)13-4-8-1-9(5-13)3-10(2-8)6-13/h7-10H,1-6H2,(H,15,16). The number of nitrogens with one attached hydrogen (secondary N) is 1. The summed E-state index contributed by atoms with van der Waals surface area (Å²) in [6.45, 7) is 0. The Morgan fingerprint density at radius 1 is 1.12 bits per heavy atom. The minimum Gasteiger partial charge on any atom is -0.281 e. The van der Waals surface area contributed by atoms with E-state index >= 15 is 0 Å². The minimum atomic E-state index is 0.488. The molecule has 0 spiro atoms. The van der Waals surface area contributed by atoms with E-state index in [0.29, 0.717) is 5.41 Å². The Morgan fingerprint density at radius 3 is 2.12 bits per heavy atom. The average Bonchev–Trinajstić information content (AvgIpc) is 2.62. The van der Waals surface area contributed by atoms with E-state index in [1.165, 1.54) is 47.8 Å². The van der Waals surface area contributed by atoms with Crippen LogP contribution >= 0.6 is 22.6 Å². The summed E-state index contributed by atoms with van der Waals surface area (Å²) in [5, 5.41) is 7.55. The van der Waals surface area contributed by atoms with Crippen molar-refractivity contribution >= 4 is 22.6 Å². The van der Waals surface area contributed by atoms with Gasteiger partial charge in [0.25, 0.3) is 0 Å². The smallest absolute Gasteiger partial charge is 0.0624 e. The van der Waals surface area contributed by atoms with Crippen molar-refractivity contribution in [3.05, 3.63) is 15.5 Å². The van der Waals surface area contributed by atoms with Gasteiger partial charge in [0.1, 0.15) is 0 Å². The Kier molecular flexibility index (Phi) is 2.01. The Bertz CT molecular complexity index is 388. The van der Waals surface area contributed by atoms with E-state index < -0.39 is 0 Å². The summed E-state index contributed by atoms with van der Waals surface area (Å²) < 4.78 is 1.36. The Morgan fingerprint density at radius 2 is 1.69 bits per heavy atom. The van der Waals surface area contributed by atoms with Gasteiger partial charge in [-0.2, -0.15) is 5.10 Å². The highest BCUT2D eigenvalue weighted by atomic mass is 127. The first-order chi connectivity index (χ1) is 7.75. The van der Waals surface area contributed by atoms with Crippen molar-refractivity contribution in [3.63, 3.8) is 0 Å². The third-order valence-corrected chi connectivity index (χ3v) is 5.98. The van der Waals surface area contributed by atoms with Crippen LogP contribution in [0.5, 0.6) is 0 Å². The lowest BCUT2D eigenvalue weighted by molar-refractivity contribution is -0.00759. The molecule has 1 heterocycles. The molecule has 3 heteroatoms. The number of hydrogen-bond donors (Lipinski definition) is 1. The van der Waals surface area contributed by atoms with Gasteiger partial charge in [0, 0.05) is 5.41 Å². The SMILES string of the molecule is Ic1cn[nH]c1C12CC3CC(CC(C3)C1)C2. The molecule has 1 aromatic heterocycles. The predicted octanol–water partition coefficient (Wildman–Crippen LogP) is 3.48. The topological polar surface area (TPSA) is 28.7 Å². The van der Waals surface area contributed by atoms with E-state index in [4.69, 9.17) is 0 Å². The molecule has 4 fully saturated rings. The zero-order valence-electron chi connectivity index (χ0n) is 9.38. The summed E-state index contributed by atoms with van der Waals surface area (Å²) in [4.78, 5) is 0. The highest BCUT2D eigenvalue weighted by Gasteiger charge is 2.52. The zero-order chi connectivity index (χ0) is 10.8. The van der Waals surface area contributed by atoms with Crippen LogP contribution in [0.2, 0.25) is 0 Å². The predicted molar refractivity (Wildman–Crippen MR) is 71.2 cm³/mol. The van der Waals surface area contributed by atoms with E-state index in [2.05, 4.69) is 32.8 Å². The molecule has 0 amide bonds. The Hall–Kier alpha value is -0.0600. The summed E-state index contributed by atoms with van der Waals surface area (Å²) in [7, 11) is 0. The summed E-state index contributed by atoms with van der Waals surface area (Å²) in [6, 6.07) is 0. The second-order valence-electron chi connectivity index (χ2n) is 6.29. The van der Waals surface area contributed by atoms with Crippen LogP contribution < -0.4 is 0 Å². The molecule has 4 bridgehead atoms. The fraction of sp³-hybridized carbons (Fsp3) is 0.769. The highest BCUT2D eigenvalue weighted by Crippen LogP contribution is 2.60. The Balaban J connectivity index is 1.79. The maximum Gasteiger partial charge on any atom is 0.0624 e. The third-order valence-electron chi connectivity index (χ3n) is 5.16. The molecule has 4 aliphatic carbocycles. The second-order valence-corrected chi connectivity index (χ2v) is 7.45. The van der Waals surface area contributed by atoms with Gasteiger partial charge in [0.2, 0.25) is 0 Å². The molecule has 4 saturated carbocycles. The number of hydrogen-bond acceptors (Lipinski definition) is 1. The number of rotatable bonds is 1. The first kappa shape index (κ1) is 9.92. The molecular formula is C13H17IN2. The molecule has 4 aliphatic rings. The van der Waals surface area contributed by atoms with E-state index in [1.54, 1.807) is 0 Å².